The summed E-state index contributed by atoms with van der Waals surface area (Å²) in [6.45, 7) is 4.33. The fraction of sp³-hybridized carbons (Fsp3) is 0.533. The van der Waals surface area contributed by atoms with Gasteiger partial charge in [-0.1, -0.05) is 19.1 Å². The van der Waals surface area contributed by atoms with Crippen LogP contribution in [-0.2, 0) is 11.2 Å². The molecule has 1 fully saturated rings. The molecule has 0 saturated carbocycles. The maximum absolute atomic E-state index is 13.6. The van der Waals surface area contributed by atoms with Crippen LogP contribution < -0.4 is 5.32 Å². The molecule has 1 atom stereocenters. The average Bonchev–Trinajstić information content (AvgIpc) is 2.95. The van der Waals surface area contributed by atoms with Crippen LogP contribution in [0.15, 0.2) is 18.2 Å². The molecule has 0 spiro atoms. The highest BCUT2D eigenvalue weighted by atomic mass is 35.5. The van der Waals surface area contributed by atoms with Crippen molar-refractivity contribution in [1.82, 2.24) is 10.2 Å². The van der Waals surface area contributed by atoms with Crippen molar-refractivity contribution in [3.8, 4) is 0 Å². The number of hydrogen-bond donors (Lipinski definition) is 1. The first-order valence-corrected chi connectivity index (χ1v) is 7.06. The highest BCUT2D eigenvalue weighted by Gasteiger charge is 2.26. The second-order valence-electron chi connectivity index (χ2n) is 5.12. The van der Waals surface area contributed by atoms with E-state index in [0.717, 1.165) is 32.0 Å². The predicted molar refractivity (Wildman–Crippen MR) is 80.6 cm³/mol. The highest BCUT2D eigenvalue weighted by molar-refractivity contribution is 5.85. The van der Waals surface area contributed by atoms with E-state index in [0.29, 0.717) is 6.54 Å². The highest BCUT2D eigenvalue weighted by Crippen LogP contribution is 2.16. The van der Waals surface area contributed by atoms with Crippen molar-refractivity contribution in [2.24, 2.45) is 0 Å². The van der Waals surface area contributed by atoms with Gasteiger partial charge in [0.1, 0.15) is 0 Å². The van der Waals surface area contributed by atoms with Gasteiger partial charge in [0.25, 0.3) is 0 Å². The first-order chi connectivity index (χ1) is 9.63. The maximum Gasteiger partial charge on any atom is 0.227 e. The number of nitrogens with one attached hydrogen (secondary N) is 1. The van der Waals surface area contributed by atoms with Gasteiger partial charge in [0, 0.05) is 24.7 Å². The molecule has 21 heavy (non-hydrogen) atoms. The second kappa shape index (κ2) is 8.29. The number of hydrogen-bond acceptors (Lipinski definition) is 2. The fourth-order valence-electron chi connectivity index (χ4n) is 2.61. The number of carbonyl (C=O) groups is 1. The van der Waals surface area contributed by atoms with Gasteiger partial charge in [-0.05, 0) is 25.5 Å². The van der Waals surface area contributed by atoms with Crippen molar-refractivity contribution >= 4 is 18.3 Å². The van der Waals surface area contributed by atoms with Gasteiger partial charge in [-0.3, -0.25) is 4.79 Å². The lowest BCUT2D eigenvalue weighted by Gasteiger charge is -2.28. The van der Waals surface area contributed by atoms with Crippen LogP contribution in [0.4, 0.5) is 8.78 Å². The number of benzene rings is 1. The largest absolute Gasteiger partial charge is 0.338 e. The molecule has 118 valence electrons. The van der Waals surface area contributed by atoms with Crippen molar-refractivity contribution in [1.29, 1.82) is 0 Å². The van der Waals surface area contributed by atoms with E-state index in [1.807, 2.05) is 6.92 Å². The van der Waals surface area contributed by atoms with Crippen LogP contribution in [0.25, 0.3) is 0 Å². The monoisotopic (exact) mass is 318 g/mol. The molecule has 1 unspecified atom stereocenters. The van der Waals surface area contributed by atoms with E-state index in [4.69, 9.17) is 0 Å². The molecular formula is C15H21ClF2N2O. The Balaban J connectivity index is 0.00000220. The summed E-state index contributed by atoms with van der Waals surface area (Å²) in [4.78, 5) is 14.2. The van der Waals surface area contributed by atoms with Gasteiger partial charge in [0.15, 0.2) is 11.6 Å². The van der Waals surface area contributed by atoms with Gasteiger partial charge in [0.05, 0.1) is 6.42 Å². The molecular weight excluding hydrogens is 298 g/mol. The van der Waals surface area contributed by atoms with Crippen LogP contribution in [0, 0.1) is 11.6 Å². The van der Waals surface area contributed by atoms with Crippen LogP contribution in [0.5, 0.6) is 0 Å². The first kappa shape index (κ1) is 17.9. The van der Waals surface area contributed by atoms with Crippen LogP contribution in [0.1, 0.15) is 25.3 Å². The summed E-state index contributed by atoms with van der Waals surface area (Å²) < 4.78 is 26.8. The predicted octanol–water partition coefficient (Wildman–Crippen LogP) is 2.53. The SMILES string of the molecule is CCCN(C(=O)Cc1cccc(F)c1F)C1CCNC1.Cl. The Bertz CT molecular complexity index is 479. The number of amides is 1. The van der Waals surface area contributed by atoms with Crippen LogP contribution >= 0.6 is 12.4 Å². The van der Waals surface area contributed by atoms with Gasteiger partial charge >= 0.3 is 0 Å². The minimum Gasteiger partial charge on any atom is -0.338 e. The number of halogens is 3. The molecule has 6 heteroatoms. The number of nitrogens with zero attached hydrogens (tertiary/aromatic N) is 1. The Morgan fingerprint density at radius 3 is 2.81 bits per heavy atom. The second-order valence-corrected chi connectivity index (χ2v) is 5.12. The summed E-state index contributed by atoms with van der Waals surface area (Å²) in [5.41, 5.74) is 0.127. The zero-order valence-corrected chi connectivity index (χ0v) is 12.9. The Morgan fingerprint density at radius 2 is 2.19 bits per heavy atom. The molecule has 1 heterocycles. The van der Waals surface area contributed by atoms with Gasteiger partial charge in [-0.15, -0.1) is 12.4 Å². The average molecular weight is 319 g/mol. The van der Waals surface area contributed by atoms with Crippen molar-refractivity contribution in [2.75, 3.05) is 19.6 Å². The maximum atomic E-state index is 13.6. The minimum absolute atomic E-state index is 0. The number of carbonyl (C=O) groups excluding carboxylic acids is 1. The van der Waals surface area contributed by atoms with Gasteiger partial charge in [-0.25, -0.2) is 8.78 Å². The van der Waals surface area contributed by atoms with Crippen molar-refractivity contribution in [2.45, 2.75) is 32.2 Å². The number of rotatable bonds is 5. The Labute approximate surface area is 130 Å². The van der Waals surface area contributed by atoms with E-state index >= 15 is 0 Å². The summed E-state index contributed by atoms with van der Waals surface area (Å²) in [5, 5.41) is 3.22. The molecule has 1 saturated heterocycles. The molecule has 1 aliphatic heterocycles. The standard InChI is InChI=1S/C15H20F2N2O.ClH/c1-2-8-19(12-6-7-18-10-12)14(20)9-11-4-3-5-13(16)15(11)17;/h3-5,12,18H,2,6-10H2,1H3;1H. The van der Waals surface area contributed by atoms with E-state index in [-0.39, 0.29) is 36.3 Å². The molecule has 0 aliphatic carbocycles. The summed E-state index contributed by atoms with van der Waals surface area (Å²) in [7, 11) is 0. The van der Waals surface area contributed by atoms with E-state index in [9.17, 15) is 13.6 Å². The molecule has 1 amide bonds. The molecule has 2 rings (SSSR count). The van der Waals surface area contributed by atoms with Gasteiger partial charge in [0.2, 0.25) is 5.91 Å². The van der Waals surface area contributed by atoms with Crippen molar-refractivity contribution in [3.05, 3.63) is 35.4 Å². The summed E-state index contributed by atoms with van der Waals surface area (Å²) >= 11 is 0. The van der Waals surface area contributed by atoms with Crippen molar-refractivity contribution in [3.63, 3.8) is 0 Å². The van der Waals surface area contributed by atoms with E-state index < -0.39 is 11.6 Å². The summed E-state index contributed by atoms with van der Waals surface area (Å²) in [6.07, 6.45) is 1.69. The fourth-order valence-corrected chi connectivity index (χ4v) is 2.61. The minimum atomic E-state index is -0.915. The normalized spacial score (nSPS) is 17.4. The molecule has 0 aromatic heterocycles. The summed E-state index contributed by atoms with van der Waals surface area (Å²) in [5.74, 6) is -1.95. The topological polar surface area (TPSA) is 32.3 Å². The molecule has 0 bridgehead atoms. The molecule has 1 aromatic carbocycles. The Kier molecular flexibility index (Phi) is 7.05. The molecule has 1 N–H and O–H groups in total. The quantitative estimate of drug-likeness (QED) is 0.905. The smallest absolute Gasteiger partial charge is 0.227 e. The third-order valence-corrected chi connectivity index (χ3v) is 3.63. The van der Waals surface area contributed by atoms with E-state index in [1.165, 1.54) is 12.1 Å². The molecule has 1 aromatic rings. The van der Waals surface area contributed by atoms with Crippen LogP contribution in [0.3, 0.4) is 0 Å². The third kappa shape index (κ3) is 4.38. The molecule has 0 radical (unpaired) electrons. The third-order valence-electron chi connectivity index (χ3n) is 3.63. The lowest BCUT2D eigenvalue weighted by molar-refractivity contribution is -0.132. The first-order valence-electron chi connectivity index (χ1n) is 7.06. The molecule has 1 aliphatic rings. The van der Waals surface area contributed by atoms with E-state index in [2.05, 4.69) is 5.32 Å². The van der Waals surface area contributed by atoms with Gasteiger partial charge < -0.3 is 10.2 Å². The Hall–Kier alpha value is -1.20. The Morgan fingerprint density at radius 1 is 1.43 bits per heavy atom. The summed E-state index contributed by atoms with van der Waals surface area (Å²) in [6, 6.07) is 4.13. The van der Waals surface area contributed by atoms with Crippen LogP contribution in [-0.4, -0.2) is 36.5 Å². The lowest BCUT2D eigenvalue weighted by atomic mass is 10.1. The lowest BCUT2D eigenvalue weighted by Crippen LogP contribution is -2.43. The van der Waals surface area contributed by atoms with Gasteiger partial charge in [-0.2, -0.15) is 0 Å². The van der Waals surface area contributed by atoms with Crippen LogP contribution in [0.2, 0.25) is 0 Å². The zero-order valence-electron chi connectivity index (χ0n) is 12.1. The van der Waals surface area contributed by atoms with E-state index in [1.54, 1.807) is 4.90 Å². The zero-order chi connectivity index (χ0) is 14.5. The van der Waals surface area contributed by atoms with Crippen molar-refractivity contribution < 1.29 is 13.6 Å². The molecule has 3 nitrogen and oxygen atoms in total.